The molecule has 2 fully saturated rings. The maximum Gasteiger partial charge on any atom is 0.242 e. The lowest BCUT2D eigenvalue weighted by Gasteiger charge is -2.10. The summed E-state index contributed by atoms with van der Waals surface area (Å²) in [5, 5.41) is 2.38. The molecule has 1 unspecified atom stereocenters. The van der Waals surface area contributed by atoms with Crippen LogP contribution >= 0.6 is 11.6 Å². The molecule has 0 spiro atoms. The average Bonchev–Trinajstić information content (AvgIpc) is 3.21. The Labute approximate surface area is 106 Å². The average molecular weight is 250 g/mol. The second-order valence-corrected chi connectivity index (χ2v) is 5.52. The molecule has 2 saturated carbocycles. The Morgan fingerprint density at radius 2 is 1.82 bits per heavy atom. The topological polar surface area (TPSA) is 29.1 Å². The molecule has 0 bridgehead atoms. The number of benzene rings is 1. The highest BCUT2D eigenvalue weighted by atomic mass is 35.5. The van der Waals surface area contributed by atoms with Gasteiger partial charge in [0, 0.05) is 6.04 Å². The third kappa shape index (κ3) is 2.63. The Bertz CT molecular complexity index is 420. The van der Waals surface area contributed by atoms with Crippen molar-refractivity contribution < 1.29 is 4.79 Å². The van der Waals surface area contributed by atoms with Gasteiger partial charge in [-0.3, -0.25) is 4.79 Å². The second kappa shape index (κ2) is 4.34. The highest BCUT2D eigenvalue weighted by Gasteiger charge is 2.28. The highest BCUT2D eigenvalue weighted by Crippen LogP contribution is 2.40. The minimum absolute atomic E-state index is 0.0617. The summed E-state index contributed by atoms with van der Waals surface area (Å²) in [4.78, 5) is 11.8. The molecular weight excluding hydrogens is 234 g/mol. The van der Waals surface area contributed by atoms with Gasteiger partial charge in [-0.25, -0.2) is 0 Å². The van der Waals surface area contributed by atoms with Crippen molar-refractivity contribution in [1.82, 2.24) is 5.32 Å². The maximum atomic E-state index is 11.8. The Morgan fingerprint density at radius 1 is 1.18 bits per heavy atom. The molecule has 0 aromatic heterocycles. The van der Waals surface area contributed by atoms with Crippen molar-refractivity contribution in [3.63, 3.8) is 0 Å². The van der Waals surface area contributed by atoms with Crippen LogP contribution in [0.4, 0.5) is 0 Å². The van der Waals surface area contributed by atoms with E-state index in [1.54, 1.807) is 0 Å². The third-order valence-electron chi connectivity index (χ3n) is 3.43. The van der Waals surface area contributed by atoms with E-state index in [1.807, 2.05) is 12.1 Å². The number of alkyl halides is 1. The van der Waals surface area contributed by atoms with Crippen LogP contribution < -0.4 is 5.32 Å². The molecule has 1 aromatic carbocycles. The number of hydrogen-bond donors (Lipinski definition) is 1. The van der Waals surface area contributed by atoms with Crippen molar-refractivity contribution in [2.75, 3.05) is 0 Å². The highest BCUT2D eigenvalue weighted by molar-refractivity contribution is 6.30. The lowest BCUT2D eigenvalue weighted by molar-refractivity contribution is -0.121. The van der Waals surface area contributed by atoms with Crippen LogP contribution in [-0.4, -0.2) is 11.9 Å². The van der Waals surface area contributed by atoms with Gasteiger partial charge in [-0.05, 0) is 42.7 Å². The molecule has 2 nitrogen and oxygen atoms in total. The molecule has 1 N–H and O–H groups in total. The van der Waals surface area contributed by atoms with E-state index in [2.05, 4.69) is 17.4 Å². The van der Waals surface area contributed by atoms with Crippen molar-refractivity contribution in [3.05, 3.63) is 35.4 Å². The van der Waals surface area contributed by atoms with Crippen LogP contribution in [0, 0.1) is 0 Å². The van der Waals surface area contributed by atoms with Gasteiger partial charge in [0.15, 0.2) is 0 Å². The predicted octanol–water partition coefficient (Wildman–Crippen LogP) is 3.12. The molecule has 0 heterocycles. The molecule has 1 amide bonds. The van der Waals surface area contributed by atoms with Gasteiger partial charge in [-0.2, -0.15) is 0 Å². The molecule has 17 heavy (non-hydrogen) atoms. The molecule has 1 atom stereocenters. The number of rotatable bonds is 4. The minimum Gasteiger partial charge on any atom is -0.352 e. The van der Waals surface area contributed by atoms with Crippen LogP contribution in [0.25, 0.3) is 0 Å². The first-order valence-corrected chi connectivity index (χ1v) is 6.72. The fourth-order valence-electron chi connectivity index (χ4n) is 2.01. The Hall–Kier alpha value is -1.02. The Kier molecular flexibility index (Phi) is 2.83. The summed E-state index contributed by atoms with van der Waals surface area (Å²) >= 11 is 6.16. The van der Waals surface area contributed by atoms with E-state index < -0.39 is 5.38 Å². The van der Waals surface area contributed by atoms with Gasteiger partial charge >= 0.3 is 0 Å². The number of carbonyl (C=O) groups excluding carboxylic acids is 1. The summed E-state index contributed by atoms with van der Waals surface area (Å²) in [5.41, 5.74) is 2.27. The molecule has 3 heteroatoms. The van der Waals surface area contributed by atoms with Crippen LogP contribution in [0.2, 0.25) is 0 Å². The van der Waals surface area contributed by atoms with Crippen LogP contribution in [0.3, 0.4) is 0 Å². The molecule has 0 aliphatic heterocycles. The Morgan fingerprint density at radius 3 is 2.35 bits per heavy atom. The zero-order valence-corrected chi connectivity index (χ0v) is 10.4. The monoisotopic (exact) mass is 249 g/mol. The standard InChI is InChI=1S/C14H16ClNO/c15-13(14(17)16-12-7-8-12)11-5-3-10(4-6-11)9-1-2-9/h3-6,9,12-13H,1-2,7-8H2,(H,16,17). The number of hydrogen-bond acceptors (Lipinski definition) is 1. The third-order valence-corrected chi connectivity index (χ3v) is 3.88. The number of carbonyl (C=O) groups is 1. The molecular formula is C14H16ClNO. The first-order chi connectivity index (χ1) is 8.24. The zero-order valence-electron chi connectivity index (χ0n) is 9.66. The van der Waals surface area contributed by atoms with E-state index in [4.69, 9.17) is 11.6 Å². The molecule has 3 rings (SSSR count). The second-order valence-electron chi connectivity index (χ2n) is 5.09. The van der Waals surface area contributed by atoms with Gasteiger partial charge in [0.1, 0.15) is 5.38 Å². The first-order valence-electron chi connectivity index (χ1n) is 6.28. The van der Waals surface area contributed by atoms with Gasteiger partial charge in [-0.1, -0.05) is 24.3 Å². The normalized spacial score (nSPS) is 21.0. The summed E-state index contributed by atoms with van der Waals surface area (Å²) in [6.07, 6.45) is 4.78. The lowest BCUT2D eigenvalue weighted by Crippen LogP contribution is -2.28. The van der Waals surface area contributed by atoms with E-state index in [0.717, 1.165) is 24.3 Å². The SMILES string of the molecule is O=C(NC1CC1)C(Cl)c1ccc(C2CC2)cc1. The van der Waals surface area contributed by atoms with Gasteiger partial charge in [0.2, 0.25) is 5.91 Å². The van der Waals surface area contributed by atoms with E-state index in [0.29, 0.717) is 6.04 Å². The van der Waals surface area contributed by atoms with Crippen LogP contribution in [0.5, 0.6) is 0 Å². The molecule has 0 saturated heterocycles. The van der Waals surface area contributed by atoms with E-state index >= 15 is 0 Å². The molecule has 2 aliphatic rings. The summed E-state index contributed by atoms with van der Waals surface area (Å²) in [7, 11) is 0. The number of amides is 1. The van der Waals surface area contributed by atoms with Gasteiger partial charge in [0.05, 0.1) is 0 Å². The summed E-state index contributed by atoms with van der Waals surface area (Å²) in [5.74, 6) is 0.687. The number of nitrogens with one attached hydrogen (secondary N) is 1. The molecule has 90 valence electrons. The quantitative estimate of drug-likeness (QED) is 0.817. The maximum absolute atomic E-state index is 11.8. The summed E-state index contributed by atoms with van der Waals surface area (Å²) in [6, 6.07) is 8.55. The minimum atomic E-state index is -0.552. The molecule has 1 aromatic rings. The van der Waals surface area contributed by atoms with E-state index in [1.165, 1.54) is 18.4 Å². The fraction of sp³-hybridized carbons (Fsp3) is 0.500. The van der Waals surface area contributed by atoms with Gasteiger partial charge < -0.3 is 5.32 Å². The van der Waals surface area contributed by atoms with E-state index in [-0.39, 0.29) is 5.91 Å². The fourth-order valence-corrected chi connectivity index (χ4v) is 2.22. The van der Waals surface area contributed by atoms with Gasteiger partial charge in [-0.15, -0.1) is 11.6 Å². The first kappa shape index (κ1) is 11.1. The van der Waals surface area contributed by atoms with Gasteiger partial charge in [0.25, 0.3) is 0 Å². The summed E-state index contributed by atoms with van der Waals surface area (Å²) < 4.78 is 0. The van der Waals surface area contributed by atoms with Crippen LogP contribution in [0.15, 0.2) is 24.3 Å². The molecule has 0 radical (unpaired) electrons. The zero-order chi connectivity index (χ0) is 11.8. The number of halogens is 1. The van der Waals surface area contributed by atoms with Crippen LogP contribution in [-0.2, 0) is 4.79 Å². The predicted molar refractivity (Wildman–Crippen MR) is 68.2 cm³/mol. The van der Waals surface area contributed by atoms with Crippen LogP contribution in [0.1, 0.15) is 48.1 Å². The van der Waals surface area contributed by atoms with Crippen molar-refractivity contribution in [2.45, 2.75) is 43.0 Å². The van der Waals surface area contributed by atoms with E-state index in [9.17, 15) is 4.79 Å². The Balaban J connectivity index is 1.66. The molecule has 2 aliphatic carbocycles. The van der Waals surface area contributed by atoms with Crippen molar-refractivity contribution in [2.24, 2.45) is 0 Å². The lowest BCUT2D eigenvalue weighted by atomic mass is 10.1. The van der Waals surface area contributed by atoms with Crippen molar-refractivity contribution >= 4 is 17.5 Å². The van der Waals surface area contributed by atoms with Crippen molar-refractivity contribution in [3.8, 4) is 0 Å². The smallest absolute Gasteiger partial charge is 0.242 e. The summed E-state index contributed by atoms with van der Waals surface area (Å²) in [6.45, 7) is 0. The van der Waals surface area contributed by atoms with Crippen molar-refractivity contribution in [1.29, 1.82) is 0 Å². The largest absolute Gasteiger partial charge is 0.352 e.